The number of benzene rings is 1. The normalized spacial score (nSPS) is 22.8. The molecule has 1 aromatic carbocycles. The molecule has 0 amide bonds. The van der Waals surface area contributed by atoms with Crippen LogP contribution in [-0.2, 0) is 17.8 Å². The number of morpholine rings is 1. The van der Waals surface area contributed by atoms with Crippen LogP contribution in [0.5, 0.6) is 0 Å². The van der Waals surface area contributed by atoms with E-state index in [0.717, 1.165) is 31.0 Å². The summed E-state index contributed by atoms with van der Waals surface area (Å²) in [6.07, 6.45) is 0.244. The third-order valence-corrected chi connectivity index (χ3v) is 3.99. The molecule has 21 heavy (non-hydrogen) atoms. The Hall–Kier alpha value is -1.36. The lowest BCUT2D eigenvalue weighted by Gasteiger charge is -2.41. The van der Waals surface area contributed by atoms with Crippen molar-refractivity contribution in [3.05, 3.63) is 35.6 Å². The number of hydrogen-bond donors (Lipinski definition) is 1. The van der Waals surface area contributed by atoms with Crippen LogP contribution in [0.25, 0.3) is 11.0 Å². The molecule has 1 atom stereocenters. The van der Waals surface area contributed by atoms with E-state index in [2.05, 4.69) is 31.7 Å². The largest absolute Gasteiger partial charge is 0.459 e. The Bertz CT molecular complexity index is 633. The van der Waals surface area contributed by atoms with E-state index in [9.17, 15) is 0 Å². The molecule has 4 nitrogen and oxygen atoms in total. The Balaban J connectivity index is 1.90. The van der Waals surface area contributed by atoms with Crippen molar-refractivity contribution in [1.29, 1.82) is 0 Å². The zero-order valence-electron chi connectivity index (χ0n) is 13.1. The number of nitrogens with zero attached hydrogens (tertiary/aromatic N) is 1. The Kier molecular flexibility index (Phi) is 3.78. The molecule has 0 aliphatic carbocycles. The van der Waals surface area contributed by atoms with Gasteiger partial charge in [-0.05, 0) is 26.8 Å². The highest BCUT2D eigenvalue weighted by molar-refractivity contribution is 5.82. The topological polar surface area (TPSA) is 51.6 Å². The number of para-hydroxylation sites is 1. The van der Waals surface area contributed by atoms with E-state index in [0.29, 0.717) is 6.54 Å². The van der Waals surface area contributed by atoms with Gasteiger partial charge in [0.25, 0.3) is 0 Å². The van der Waals surface area contributed by atoms with Crippen LogP contribution in [0.4, 0.5) is 0 Å². The fourth-order valence-corrected chi connectivity index (χ4v) is 3.42. The summed E-state index contributed by atoms with van der Waals surface area (Å²) in [6.45, 7) is 9.58. The van der Waals surface area contributed by atoms with Crippen LogP contribution in [0.3, 0.4) is 0 Å². The molecule has 2 aromatic rings. The maximum atomic E-state index is 5.98. The van der Waals surface area contributed by atoms with E-state index < -0.39 is 0 Å². The van der Waals surface area contributed by atoms with Crippen molar-refractivity contribution in [1.82, 2.24) is 4.90 Å². The van der Waals surface area contributed by atoms with E-state index >= 15 is 0 Å². The first-order valence-corrected chi connectivity index (χ1v) is 7.58. The summed E-state index contributed by atoms with van der Waals surface area (Å²) in [7, 11) is 0. The zero-order chi connectivity index (χ0) is 15.0. The van der Waals surface area contributed by atoms with Crippen LogP contribution in [0.1, 0.15) is 32.1 Å². The van der Waals surface area contributed by atoms with Crippen molar-refractivity contribution < 1.29 is 9.15 Å². The highest BCUT2D eigenvalue weighted by Gasteiger charge is 2.32. The number of rotatable bonds is 3. The monoisotopic (exact) mass is 288 g/mol. The molecular weight excluding hydrogens is 264 g/mol. The molecule has 2 N–H and O–H groups in total. The highest BCUT2D eigenvalue weighted by Crippen LogP contribution is 2.29. The van der Waals surface area contributed by atoms with Crippen molar-refractivity contribution in [2.24, 2.45) is 5.73 Å². The Morgan fingerprint density at radius 3 is 2.81 bits per heavy atom. The van der Waals surface area contributed by atoms with Gasteiger partial charge in [0, 0.05) is 30.6 Å². The van der Waals surface area contributed by atoms with Gasteiger partial charge in [-0.3, -0.25) is 4.90 Å². The minimum atomic E-state index is -0.111. The van der Waals surface area contributed by atoms with E-state index in [1.807, 2.05) is 18.2 Å². The van der Waals surface area contributed by atoms with Crippen LogP contribution in [0, 0.1) is 0 Å². The molecule has 1 fully saturated rings. The number of hydrogen-bond acceptors (Lipinski definition) is 4. The third kappa shape index (κ3) is 2.98. The van der Waals surface area contributed by atoms with Gasteiger partial charge >= 0.3 is 0 Å². The molecular formula is C17H24N2O2. The average Bonchev–Trinajstić information content (AvgIpc) is 2.75. The Morgan fingerprint density at radius 2 is 2.10 bits per heavy atom. The van der Waals surface area contributed by atoms with Crippen molar-refractivity contribution in [3.8, 4) is 0 Å². The molecule has 3 rings (SSSR count). The second-order valence-electron chi connectivity index (χ2n) is 6.56. The molecule has 4 heteroatoms. The average molecular weight is 288 g/mol. The van der Waals surface area contributed by atoms with Gasteiger partial charge in [-0.15, -0.1) is 0 Å². The van der Waals surface area contributed by atoms with Crippen molar-refractivity contribution >= 4 is 11.0 Å². The first kappa shape index (κ1) is 14.6. The molecule has 0 radical (unpaired) electrons. The lowest BCUT2D eigenvalue weighted by Crippen LogP contribution is -2.51. The summed E-state index contributed by atoms with van der Waals surface area (Å²) in [5.41, 5.74) is 7.90. The van der Waals surface area contributed by atoms with Gasteiger partial charge in [0.15, 0.2) is 0 Å². The maximum Gasteiger partial charge on any atom is 0.134 e. The van der Waals surface area contributed by atoms with Gasteiger partial charge in [0.05, 0.1) is 18.2 Å². The van der Waals surface area contributed by atoms with Crippen LogP contribution in [0.15, 0.2) is 28.7 Å². The molecule has 1 saturated heterocycles. The summed E-state index contributed by atoms with van der Waals surface area (Å²) >= 11 is 0. The minimum absolute atomic E-state index is 0.111. The summed E-state index contributed by atoms with van der Waals surface area (Å²) < 4.78 is 11.9. The van der Waals surface area contributed by atoms with Crippen LogP contribution in [0.2, 0.25) is 0 Å². The van der Waals surface area contributed by atoms with Crippen LogP contribution < -0.4 is 5.73 Å². The lowest BCUT2D eigenvalue weighted by atomic mass is 10.0. The first-order valence-electron chi connectivity index (χ1n) is 7.58. The highest BCUT2D eigenvalue weighted by atomic mass is 16.5. The zero-order valence-corrected chi connectivity index (χ0v) is 13.1. The summed E-state index contributed by atoms with van der Waals surface area (Å²) in [4.78, 5) is 2.44. The molecule has 0 bridgehead atoms. The van der Waals surface area contributed by atoms with E-state index in [4.69, 9.17) is 14.9 Å². The van der Waals surface area contributed by atoms with Gasteiger partial charge in [-0.25, -0.2) is 0 Å². The molecule has 1 aliphatic heterocycles. The quantitative estimate of drug-likeness (QED) is 0.943. The Labute approximate surface area is 125 Å². The SMILES string of the molecule is CC1CN(Cc2c(CN)oc3ccccc23)CC(C)(C)O1. The van der Waals surface area contributed by atoms with E-state index in [-0.39, 0.29) is 11.7 Å². The summed E-state index contributed by atoms with van der Waals surface area (Å²) in [6, 6.07) is 8.16. The number of furan rings is 1. The number of fused-ring (bicyclic) bond motifs is 1. The van der Waals surface area contributed by atoms with E-state index in [1.54, 1.807) is 0 Å². The van der Waals surface area contributed by atoms with Gasteiger partial charge in [0.2, 0.25) is 0 Å². The van der Waals surface area contributed by atoms with Crippen molar-refractivity contribution in [2.75, 3.05) is 13.1 Å². The molecule has 0 spiro atoms. The fourth-order valence-electron chi connectivity index (χ4n) is 3.42. The van der Waals surface area contributed by atoms with Gasteiger partial charge < -0.3 is 14.9 Å². The first-order chi connectivity index (χ1) is 9.98. The predicted octanol–water partition coefficient (Wildman–Crippen LogP) is 2.89. The van der Waals surface area contributed by atoms with Crippen molar-refractivity contribution in [3.63, 3.8) is 0 Å². The van der Waals surface area contributed by atoms with Gasteiger partial charge in [-0.1, -0.05) is 18.2 Å². The van der Waals surface area contributed by atoms with E-state index in [1.165, 1.54) is 10.9 Å². The lowest BCUT2D eigenvalue weighted by molar-refractivity contribution is -0.130. The second kappa shape index (κ2) is 5.44. The third-order valence-electron chi connectivity index (χ3n) is 3.99. The molecule has 114 valence electrons. The van der Waals surface area contributed by atoms with Gasteiger partial charge in [0.1, 0.15) is 11.3 Å². The summed E-state index contributed by atoms with van der Waals surface area (Å²) in [5, 5.41) is 1.18. The standard InChI is InChI=1S/C17H24N2O2/c1-12-9-19(11-17(2,3)21-12)10-14-13-6-4-5-7-15(13)20-16(14)8-18/h4-7,12H,8-11,18H2,1-3H3. The smallest absolute Gasteiger partial charge is 0.134 e. The molecule has 1 aromatic heterocycles. The Morgan fingerprint density at radius 1 is 1.33 bits per heavy atom. The molecule has 1 aliphatic rings. The summed E-state index contributed by atoms with van der Waals surface area (Å²) in [5.74, 6) is 0.896. The van der Waals surface area contributed by atoms with Crippen LogP contribution >= 0.6 is 0 Å². The molecule has 2 heterocycles. The predicted molar refractivity (Wildman–Crippen MR) is 84.0 cm³/mol. The fraction of sp³-hybridized carbons (Fsp3) is 0.529. The van der Waals surface area contributed by atoms with Gasteiger partial charge in [-0.2, -0.15) is 0 Å². The van der Waals surface area contributed by atoms with Crippen LogP contribution in [-0.4, -0.2) is 29.7 Å². The molecule has 1 unspecified atom stereocenters. The van der Waals surface area contributed by atoms with Crippen molar-refractivity contribution in [2.45, 2.75) is 45.6 Å². The number of nitrogens with two attached hydrogens (primary N) is 1. The second-order valence-corrected chi connectivity index (χ2v) is 6.56. The maximum absolute atomic E-state index is 5.98. The number of ether oxygens (including phenoxy) is 1. The minimum Gasteiger partial charge on any atom is -0.459 e. The molecule has 0 saturated carbocycles.